The van der Waals surface area contributed by atoms with Crippen LogP contribution in [-0.4, -0.2) is 26.1 Å². The third kappa shape index (κ3) is 2.96. The number of hydrogen-bond donors (Lipinski definition) is 0. The fraction of sp³-hybridized carbons (Fsp3) is 0.913. The van der Waals surface area contributed by atoms with Crippen LogP contribution in [0.4, 0.5) is 0 Å². The van der Waals surface area contributed by atoms with Crippen LogP contribution in [0.15, 0.2) is 0 Å². The number of ketones is 1. The number of Topliss-reactive ketones (excluding diaryl/α,β-unsaturated/α-hetero) is 1. The van der Waals surface area contributed by atoms with Gasteiger partial charge in [-0.1, -0.05) is 33.0 Å². The van der Waals surface area contributed by atoms with Gasteiger partial charge in [-0.3, -0.25) is 9.59 Å². The van der Waals surface area contributed by atoms with Gasteiger partial charge >= 0.3 is 5.97 Å². The lowest BCUT2D eigenvalue weighted by Gasteiger charge is -2.63. The first kappa shape index (κ1) is 19.7. The van der Waals surface area contributed by atoms with E-state index in [-0.39, 0.29) is 22.2 Å². The number of carbonyl (C=O) groups is 2. The first-order valence-electron chi connectivity index (χ1n) is 11.2. The molecular formula is C23H38O3Si. The maximum absolute atomic E-state index is 13.3. The fourth-order valence-electron chi connectivity index (χ4n) is 7.87. The average Bonchev–Trinajstić information content (AvgIpc) is 2.80. The molecule has 4 fully saturated rings. The number of rotatable bonds is 3. The molecule has 4 saturated carbocycles. The Bertz CT molecular complexity index is 652. The monoisotopic (exact) mass is 390 g/mol. The zero-order chi connectivity index (χ0) is 19.7. The Kier molecular flexibility index (Phi) is 4.50. The molecule has 0 radical (unpaired) electrons. The van der Waals surface area contributed by atoms with Crippen LogP contribution in [0.2, 0.25) is 19.6 Å². The van der Waals surface area contributed by atoms with E-state index in [2.05, 4.69) is 33.5 Å². The van der Waals surface area contributed by atoms with Gasteiger partial charge in [0, 0.05) is 12.3 Å². The maximum Gasteiger partial charge on any atom is 0.311 e. The Balaban J connectivity index is 1.61. The van der Waals surface area contributed by atoms with E-state index in [0.717, 1.165) is 44.9 Å². The van der Waals surface area contributed by atoms with Gasteiger partial charge < -0.3 is 4.74 Å². The number of fused-ring (bicyclic) bond motifs is 3. The molecule has 2 bridgehead atoms. The Hall–Kier alpha value is -0.643. The lowest BCUT2D eigenvalue weighted by atomic mass is 9.41. The minimum Gasteiger partial charge on any atom is -0.469 e. The molecule has 0 aromatic carbocycles. The van der Waals surface area contributed by atoms with Crippen LogP contribution >= 0.6 is 0 Å². The van der Waals surface area contributed by atoms with Gasteiger partial charge in [0.1, 0.15) is 5.78 Å². The van der Waals surface area contributed by atoms with E-state index in [1.165, 1.54) is 12.8 Å². The van der Waals surface area contributed by atoms with E-state index >= 15 is 0 Å². The highest BCUT2D eigenvalue weighted by molar-refractivity contribution is 6.76. The second-order valence-electron chi connectivity index (χ2n) is 12.0. The van der Waals surface area contributed by atoms with Crippen molar-refractivity contribution in [1.29, 1.82) is 0 Å². The smallest absolute Gasteiger partial charge is 0.311 e. The summed E-state index contributed by atoms with van der Waals surface area (Å²) in [6.07, 6.45) is 10.4. The summed E-state index contributed by atoms with van der Waals surface area (Å²) in [5.41, 5.74) is 0.110. The average molecular weight is 391 g/mol. The molecule has 3 nitrogen and oxygen atoms in total. The molecular weight excluding hydrogens is 352 g/mol. The van der Waals surface area contributed by atoms with Gasteiger partial charge in [-0.25, -0.2) is 0 Å². The molecule has 0 amide bonds. The molecule has 1 spiro atoms. The molecule has 4 heteroatoms. The Morgan fingerprint density at radius 2 is 1.81 bits per heavy atom. The first-order valence-corrected chi connectivity index (χ1v) is 14.9. The summed E-state index contributed by atoms with van der Waals surface area (Å²) in [5.74, 6) is 1.98. The van der Waals surface area contributed by atoms with E-state index < -0.39 is 8.07 Å². The molecule has 0 unspecified atom stereocenters. The standard InChI is InChI=1S/C23H38O3Si/c1-21-10-6-11-22(2,20(25)26-15-27(3,4)5)18(21)9-12-23-13-16(17(24)14-23)7-8-19(21)23/h16,18-19H,6-15H2,1-5H3/t16-,18+,19+,21-,22-,23+/m1/s1. The van der Waals surface area contributed by atoms with Crippen molar-refractivity contribution >= 4 is 19.8 Å². The highest BCUT2D eigenvalue weighted by atomic mass is 28.3. The highest BCUT2D eigenvalue weighted by Gasteiger charge is 2.66. The van der Waals surface area contributed by atoms with Crippen molar-refractivity contribution in [1.82, 2.24) is 0 Å². The molecule has 0 aromatic rings. The van der Waals surface area contributed by atoms with Crippen molar-refractivity contribution in [3.8, 4) is 0 Å². The number of carbonyl (C=O) groups excluding carboxylic acids is 2. The summed E-state index contributed by atoms with van der Waals surface area (Å²) in [7, 11) is -1.41. The molecule has 6 atom stereocenters. The van der Waals surface area contributed by atoms with Gasteiger partial charge in [-0.05, 0) is 74.5 Å². The summed E-state index contributed by atoms with van der Waals surface area (Å²) in [6.45, 7) is 11.4. The van der Waals surface area contributed by atoms with Gasteiger partial charge in [0.05, 0.1) is 19.7 Å². The van der Waals surface area contributed by atoms with E-state index in [4.69, 9.17) is 4.74 Å². The van der Waals surface area contributed by atoms with E-state index in [9.17, 15) is 9.59 Å². The van der Waals surface area contributed by atoms with Gasteiger partial charge in [-0.15, -0.1) is 0 Å². The largest absolute Gasteiger partial charge is 0.469 e. The van der Waals surface area contributed by atoms with E-state index in [0.29, 0.717) is 29.8 Å². The molecule has 4 rings (SSSR count). The summed E-state index contributed by atoms with van der Waals surface area (Å²) in [5, 5.41) is 0. The minimum absolute atomic E-state index is 0.0629. The van der Waals surface area contributed by atoms with Crippen LogP contribution in [0.1, 0.15) is 71.6 Å². The van der Waals surface area contributed by atoms with Crippen molar-refractivity contribution in [2.24, 2.45) is 34.0 Å². The molecule has 152 valence electrons. The number of hydrogen-bond acceptors (Lipinski definition) is 3. The molecule has 0 saturated heterocycles. The molecule has 0 N–H and O–H groups in total. The topological polar surface area (TPSA) is 43.4 Å². The van der Waals surface area contributed by atoms with Crippen LogP contribution in [0.25, 0.3) is 0 Å². The van der Waals surface area contributed by atoms with Crippen LogP contribution in [-0.2, 0) is 14.3 Å². The number of ether oxygens (including phenoxy) is 1. The predicted molar refractivity (Wildman–Crippen MR) is 110 cm³/mol. The SMILES string of the molecule is C[C@@]12CCC[C@@](C)(C(=O)OC[Si](C)(C)C)[C@H]1CC[C@]13CC(=O)[C@H](CC[C@H]12)C3. The molecule has 4 aliphatic carbocycles. The van der Waals surface area contributed by atoms with Crippen LogP contribution in [0.3, 0.4) is 0 Å². The van der Waals surface area contributed by atoms with Crippen molar-refractivity contribution in [2.75, 3.05) is 6.23 Å². The maximum atomic E-state index is 13.3. The van der Waals surface area contributed by atoms with E-state index in [1.54, 1.807) is 0 Å². The third-order valence-electron chi connectivity index (χ3n) is 8.98. The summed E-state index contributed by atoms with van der Waals surface area (Å²) in [4.78, 5) is 25.8. The van der Waals surface area contributed by atoms with E-state index in [1.807, 2.05) is 0 Å². The van der Waals surface area contributed by atoms with Crippen molar-refractivity contribution in [3.63, 3.8) is 0 Å². The van der Waals surface area contributed by atoms with Gasteiger partial charge in [0.15, 0.2) is 0 Å². The summed E-state index contributed by atoms with van der Waals surface area (Å²) >= 11 is 0. The number of esters is 1. The Labute approximate surface area is 166 Å². The van der Waals surface area contributed by atoms with Gasteiger partial charge in [0.2, 0.25) is 0 Å². The predicted octanol–water partition coefficient (Wildman–Crippen LogP) is 5.39. The second-order valence-corrected chi connectivity index (χ2v) is 17.5. The first-order chi connectivity index (χ1) is 12.5. The van der Waals surface area contributed by atoms with Crippen molar-refractivity contribution in [2.45, 2.75) is 91.3 Å². The van der Waals surface area contributed by atoms with Gasteiger partial charge in [0.25, 0.3) is 0 Å². The van der Waals surface area contributed by atoms with Crippen molar-refractivity contribution < 1.29 is 14.3 Å². The lowest BCUT2D eigenvalue weighted by molar-refractivity contribution is -0.185. The molecule has 0 heterocycles. The normalized spacial score (nSPS) is 46.6. The molecule has 0 aliphatic heterocycles. The molecule has 0 aromatic heterocycles. The summed E-state index contributed by atoms with van der Waals surface area (Å²) < 4.78 is 5.92. The molecule has 4 aliphatic rings. The lowest BCUT2D eigenvalue weighted by Crippen LogP contribution is -2.58. The fourth-order valence-corrected chi connectivity index (χ4v) is 8.43. The van der Waals surface area contributed by atoms with Crippen LogP contribution in [0, 0.1) is 34.0 Å². The zero-order valence-electron chi connectivity index (χ0n) is 18.0. The second kappa shape index (κ2) is 6.18. The Morgan fingerprint density at radius 1 is 1.07 bits per heavy atom. The summed E-state index contributed by atoms with van der Waals surface area (Å²) in [6, 6.07) is 0. The van der Waals surface area contributed by atoms with Crippen LogP contribution in [0.5, 0.6) is 0 Å². The zero-order valence-corrected chi connectivity index (χ0v) is 19.0. The quantitative estimate of drug-likeness (QED) is 0.479. The minimum atomic E-state index is -1.41. The highest BCUT2D eigenvalue weighted by Crippen LogP contribution is 2.71. The Morgan fingerprint density at radius 3 is 2.52 bits per heavy atom. The third-order valence-corrected chi connectivity index (χ3v) is 9.99. The molecule has 27 heavy (non-hydrogen) atoms. The van der Waals surface area contributed by atoms with Crippen molar-refractivity contribution in [3.05, 3.63) is 0 Å². The van der Waals surface area contributed by atoms with Gasteiger partial charge in [-0.2, -0.15) is 0 Å². The van der Waals surface area contributed by atoms with Crippen LogP contribution < -0.4 is 0 Å².